The molecule has 0 atom stereocenters. The normalized spacial score (nSPS) is 11.2. The fraction of sp³-hybridized carbons (Fsp3) is 0.829. The molecule has 0 saturated heterocycles. The van der Waals surface area contributed by atoms with Crippen LogP contribution in [-0.4, -0.2) is 42.6 Å². The highest BCUT2D eigenvalue weighted by atomic mass is 16.6. The molecule has 0 heterocycles. The molecule has 2 N–H and O–H groups in total. The number of carboxylic acids is 1. The van der Waals surface area contributed by atoms with E-state index in [2.05, 4.69) is 27.7 Å². The number of rotatable bonds is 35. The van der Waals surface area contributed by atoms with Crippen molar-refractivity contribution in [2.24, 2.45) is 0 Å². The average molecular weight is 679 g/mol. The van der Waals surface area contributed by atoms with Crippen LogP contribution >= 0.6 is 0 Å². The van der Waals surface area contributed by atoms with Crippen LogP contribution in [0.15, 0.2) is 0 Å². The van der Waals surface area contributed by atoms with Gasteiger partial charge in [0.2, 0.25) is 17.2 Å². The molecule has 48 heavy (non-hydrogen) atoms. The molecule has 0 aromatic heterocycles. The Morgan fingerprint density at radius 1 is 0.396 bits per heavy atom. The van der Waals surface area contributed by atoms with Gasteiger partial charge in [0.15, 0.2) is 17.1 Å². The summed E-state index contributed by atoms with van der Waals surface area (Å²) in [5.74, 6) is -1.07. The van der Waals surface area contributed by atoms with Crippen LogP contribution in [0.25, 0.3) is 0 Å². The summed E-state index contributed by atoms with van der Waals surface area (Å²) in [4.78, 5) is 12.7. The molecule has 0 amide bonds. The largest absolute Gasteiger partial charge is 0.503 e. The van der Waals surface area contributed by atoms with E-state index < -0.39 is 11.7 Å². The zero-order valence-corrected chi connectivity index (χ0v) is 31.6. The zero-order valence-electron chi connectivity index (χ0n) is 31.6. The molecule has 0 fully saturated rings. The average Bonchev–Trinajstić information content (AvgIpc) is 3.07. The molecular weight excluding hydrogens is 604 g/mol. The van der Waals surface area contributed by atoms with Gasteiger partial charge in [0.1, 0.15) is 0 Å². The molecule has 0 aliphatic rings. The smallest absolute Gasteiger partial charge is 0.343 e. The highest BCUT2D eigenvalue weighted by Crippen LogP contribution is 2.53. The van der Waals surface area contributed by atoms with Crippen molar-refractivity contribution >= 4 is 5.97 Å². The molecule has 0 radical (unpaired) electrons. The van der Waals surface area contributed by atoms with Crippen molar-refractivity contribution in [1.82, 2.24) is 0 Å². The van der Waals surface area contributed by atoms with Crippen LogP contribution < -0.4 is 18.9 Å². The van der Waals surface area contributed by atoms with Crippen molar-refractivity contribution in [1.29, 1.82) is 0 Å². The maximum Gasteiger partial charge on any atom is 0.343 e. The van der Waals surface area contributed by atoms with Gasteiger partial charge in [-0.1, -0.05) is 169 Å². The molecular formula is C41H74O7. The van der Waals surface area contributed by atoms with E-state index in [9.17, 15) is 15.0 Å². The van der Waals surface area contributed by atoms with Gasteiger partial charge < -0.3 is 29.2 Å². The van der Waals surface area contributed by atoms with Crippen LogP contribution in [0.3, 0.4) is 0 Å². The number of hydrogen-bond acceptors (Lipinski definition) is 6. The SMILES string of the molecule is CCCCCCCCCOc1c(OCCCCCCC)c(O)c(C(=O)O)c(OCCCCCCCCC)c1OCCCCCCCCC. The predicted octanol–water partition coefficient (Wildman–Crippen LogP) is 12.8. The van der Waals surface area contributed by atoms with E-state index in [1.807, 2.05) is 0 Å². The molecule has 7 heteroatoms. The molecule has 1 aromatic rings. The Morgan fingerprint density at radius 3 is 0.958 bits per heavy atom. The highest BCUT2D eigenvalue weighted by molar-refractivity contribution is 5.97. The number of carboxylic acid groups (broad SMARTS) is 1. The number of aromatic hydroxyl groups is 1. The molecule has 0 saturated carbocycles. The van der Waals surface area contributed by atoms with Crippen molar-refractivity contribution in [3.63, 3.8) is 0 Å². The molecule has 0 aliphatic heterocycles. The van der Waals surface area contributed by atoms with Gasteiger partial charge >= 0.3 is 5.97 Å². The van der Waals surface area contributed by atoms with Gasteiger partial charge in [0, 0.05) is 0 Å². The molecule has 0 aliphatic carbocycles. The van der Waals surface area contributed by atoms with Gasteiger partial charge in [-0.2, -0.15) is 0 Å². The summed E-state index contributed by atoms with van der Waals surface area (Å²) < 4.78 is 25.1. The van der Waals surface area contributed by atoms with Gasteiger partial charge in [-0.25, -0.2) is 4.79 Å². The zero-order chi connectivity index (χ0) is 35.1. The van der Waals surface area contributed by atoms with Crippen LogP contribution in [0, 0.1) is 0 Å². The highest BCUT2D eigenvalue weighted by Gasteiger charge is 2.32. The van der Waals surface area contributed by atoms with Crippen LogP contribution in [0.1, 0.15) is 205 Å². The number of benzene rings is 1. The summed E-state index contributed by atoms with van der Waals surface area (Å²) in [7, 11) is 0. The van der Waals surface area contributed by atoms with E-state index in [4.69, 9.17) is 18.9 Å². The maximum absolute atomic E-state index is 12.7. The summed E-state index contributed by atoms with van der Waals surface area (Å²) in [5.41, 5.74) is -0.309. The summed E-state index contributed by atoms with van der Waals surface area (Å²) >= 11 is 0. The van der Waals surface area contributed by atoms with Crippen LogP contribution in [0.2, 0.25) is 0 Å². The van der Waals surface area contributed by atoms with Crippen molar-refractivity contribution in [3.05, 3.63) is 5.56 Å². The monoisotopic (exact) mass is 679 g/mol. The Bertz CT molecular complexity index is 917. The van der Waals surface area contributed by atoms with E-state index in [-0.39, 0.29) is 28.6 Å². The lowest BCUT2D eigenvalue weighted by atomic mass is 10.1. The Labute approximate surface area is 294 Å². The van der Waals surface area contributed by atoms with E-state index in [1.165, 1.54) is 83.5 Å². The standard InChI is InChI=1S/C41H74O7/c1-5-9-13-17-20-24-28-31-45-37-35(41(43)44)36(42)38(46-32-27-23-16-12-8-4)40(48-34-30-26-22-19-15-11-7-3)39(37)47-33-29-25-21-18-14-10-6-2/h42H,5-34H2,1-4H3,(H,43,44). The van der Waals surface area contributed by atoms with Gasteiger partial charge in [-0.3, -0.25) is 0 Å². The molecule has 1 rings (SSSR count). The number of unbranched alkanes of at least 4 members (excludes halogenated alkanes) is 22. The summed E-state index contributed by atoms with van der Waals surface area (Å²) in [6, 6.07) is 0. The number of carbonyl (C=O) groups is 1. The summed E-state index contributed by atoms with van der Waals surface area (Å²) in [6.45, 7) is 10.4. The van der Waals surface area contributed by atoms with E-state index >= 15 is 0 Å². The van der Waals surface area contributed by atoms with Crippen LogP contribution in [0.4, 0.5) is 0 Å². The third-order valence-electron chi connectivity index (χ3n) is 8.99. The first-order valence-corrected chi connectivity index (χ1v) is 20.2. The molecule has 0 spiro atoms. The van der Waals surface area contributed by atoms with E-state index in [0.717, 1.165) is 83.5 Å². The second kappa shape index (κ2) is 30.7. The Balaban J connectivity index is 3.25. The van der Waals surface area contributed by atoms with Crippen molar-refractivity contribution in [3.8, 4) is 28.7 Å². The fourth-order valence-electron chi connectivity index (χ4n) is 5.96. The van der Waals surface area contributed by atoms with E-state index in [0.29, 0.717) is 26.4 Å². The quantitative estimate of drug-likeness (QED) is 0.0690. The predicted molar refractivity (Wildman–Crippen MR) is 200 cm³/mol. The second-order valence-electron chi connectivity index (χ2n) is 13.5. The van der Waals surface area contributed by atoms with Gasteiger partial charge in [0.25, 0.3) is 0 Å². The molecule has 280 valence electrons. The molecule has 1 aromatic carbocycles. The first kappa shape index (κ1) is 43.7. The fourth-order valence-corrected chi connectivity index (χ4v) is 5.96. The first-order valence-electron chi connectivity index (χ1n) is 20.2. The summed E-state index contributed by atoms with van der Waals surface area (Å²) in [6.07, 6.45) is 29.1. The number of ether oxygens (including phenoxy) is 4. The lowest BCUT2D eigenvalue weighted by Crippen LogP contribution is -2.13. The molecule has 7 nitrogen and oxygen atoms in total. The van der Waals surface area contributed by atoms with E-state index in [1.54, 1.807) is 0 Å². The lowest BCUT2D eigenvalue weighted by Gasteiger charge is -2.23. The Morgan fingerprint density at radius 2 is 0.646 bits per heavy atom. The Hall–Kier alpha value is -2.31. The van der Waals surface area contributed by atoms with Gasteiger partial charge in [-0.05, 0) is 25.7 Å². The lowest BCUT2D eigenvalue weighted by molar-refractivity contribution is 0.0685. The van der Waals surface area contributed by atoms with Gasteiger partial charge in [-0.15, -0.1) is 0 Å². The maximum atomic E-state index is 12.7. The molecule has 0 bridgehead atoms. The van der Waals surface area contributed by atoms with Crippen LogP contribution in [0.5, 0.6) is 28.7 Å². The van der Waals surface area contributed by atoms with Crippen molar-refractivity contribution in [2.45, 2.75) is 195 Å². The minimum Gasteiger partial charge on any atom is -0.503 e. The number of phenols is 1. The van der Waals surface area contributed by atoms with Gasteiger partial charge in [0.05, 0.1) is 26.4 Å². The molecule has 0 unspecified atom stereocenters. The third-order valence-corrected chi connectivity index (χ3v) is 8.99. The minimum atomic E-state index is -1.27. The van der Waals surface area contributed by atoms with Crippen molar-refractivity contribution in [2.75, 3.05) is 26.4 Å². The summed E-state index contributed by atoms with van der Waals surface area (Å²) in [5, 5.41) is 21.8. The van der Waals surface area contributed by atoms with Crippen LogP contribution in [-0.2, 0) is 0 Å². The second-order valence-corrected chi connectivity index (χ2v) is 13.5. The number of aromatic carboxylic acids is 1. The van der Waals surface area contributed by atoms with Crippen molar-refractivity contribution < 1.29 is 34.0 Å². The first-order chi connectivity index (χ1) is 23.5. The third kappa shape index (κ3) is 19.6. The minimum absolute atomic E-state index is 0.0544. The topological polar surface area (TPSA) is 94.5 Å². The number of hydrogen-bond donors (Lipinski definition) is 2. The Kier molecular flexibility index (Phi) is 28.0.